The van der Waals surface area contributed by atoms with Crippen LogP contribution in [0, 0.1) is 0 Å². The number of aliphatic hydroxyl groups is 1. The number of ether oxygens (including phenoxy) is 1. The molecule has 0 radical (unpaired) electrons. The summed E-state index contributed by atoms with van der Waals surface area (Å²) in [7, 11) is 0. The van der Waals surface area contributed by atoms with Gasteiger partial charge in [-0.05, 0) is 12.5 Å². The minimum atomic E-state index is -0.763. The fourth-order valence-corrected chi connectivity index (χ4v) is 2.10. The molecular formula is C14H14O4. The van der Waals surface area contributed by atoms with Crippen LogP contribution in [0.15, 0.2) is 29.8 Å². The van der Waals surface area contributed by atoms with Crippen molar-refractivity contribution in [3.05, 3.63) is 41.0 Å². The molecule has 1 aromatic rings. The van der Waals surface area contributed by atoms with E-state index in [4.69, 9.17) is 4.74 Å². The van der Waals surface area contributed by atoms with Gasteiger partial charge < -0.3 is 9.84 Å². The molecule has 1 N–H and O–H groups in total. The van der Waals surface area contributed by atoms with Gasteiger partial charge in [-0.3, -0.25) is 4.79 Å². The number of Topliss-reactive ketones (excluding diaryl/α,β-unsaturated/α-hetero) is 1. The quantitative estimate of drug-likeness (QED) is 0.642. The Hall–Kier alpha value is -2.10. The van der Waals surface area contributed by atoms with E-state index in [1.54, 1.807) is 38.1 Å². The molecule has 0 fully saturated rings. The molecule has 1 unspecified atom stereocenters. The second-order valence-electron chi connectivity index (χ2n) is 4.12. The van der Waals surface area contributed by atoms with Gasteiger partial charge in [0.2, 0.25) is 0 Å². The van der Waals surface area contributed by atoms with Crippen molar-refractivity contribution >= 4 is 17.5 Å². The van der Waals surface area contributed by atoms with Gasteiger partial charge in [0.15, 0.2) is 5.78 Å². The first-order chi connectivity index (χ1) is 8.57. The van der Waals surface area contributed by atoms with Crippen molar-refractivity contribution in [2.45, 2.75) is 19.8 Å². The van der Waals surface area contributed by atoms with Crippen LogP contribution >= 0.6 is 0 Å². The number of fused-ring (bicyclic) bond motifs is 1. The van der Waals surface area contributed by atoms with Gasteiger partial charge in [0.05, 0.1) is 6.61 Å². The minimum absolute atomic E-state index is 0.166. The third-order valence-corrected chi connectivity index (χ3v) is 3.04. The zero-order valence-electron chi connectivity index (χ0n) is 10.3. The number of hydrogen-bond donors (Lipinski definition) is 1. The highest BCUT2D eigenvalue weighted by atomic mass is 16.5. The van der Waals surface area contributed by atoms with Crippen LogP contribution in [0.25, 0.3) is 5.76 Å². The SMILES string of the molecule is CCOC(=O)C1=C(O)c2ccccc2C(C)C1=O. The molecule has 18 heavy (non-hydrogen) atoms. The first-order valence-corrected chi connectivity index (χ1v) is 5.81. The molecule has 0 spiro atoms. The predicted molar refractivity (Wildman–Crippen MR) is 66.0 cm³/mol. The zero-order valence-corrected chi connectivity index (χ0v) is 10.3. The van der Waals surface area contributed by atoms with Gasteiger partial charge in [0.1, 0.15) is 11.3 Å². The summed E-state index contributed by atoms with van der Waals surface area (Å²) in [5.74, 6) is -1.89. The molecule has 2 rings (SSSR count). The van der Waals surface area contributed by atoms with Crippen LogP contribution in [0.4, 0.5) is 0 Å². The molecule has 1 aliphatic rings. The Bertz CT molecular complexity index is 542. The van der Waals surface area contributed by atoms with E-state index in [0.29, 0.717) is 5.56 Å². The summed E-state index contributed by atoms with van der Waals surface area (Å²) in [5, 5.41) is 10.1. The molecular weight excluding hydrogens is 232 g/mol. The van der Waals surface area contributed by atoms with E-state index in [2.05, 4.69) is 0 Å². The lowest BCUT2D eigenvalue weighted by molar-refractivity contribution is -0.140. The molecule has 94 valence electrons. The number of ketones is 1. The van der Waals surface area contributed by atoms with Crippen molar-refractivity contribution < 1.29 is 19.4 Å². The summed E-state index contributed by atoms with van der Waals surface area (Å²) in [5.41, 5.74) is 1.00. The Labute approximate surface area is 105 Å². The number of hydrogen-bond acceptors (Lipinski definition) is 4. The van der Waals surface area contributed by atoms with E-state index in [1.165, 1.54) is 0 Å². The summed E-state index contributed by atoms with van der Waals surface area (Å²) in [6.45, 7) is 3.53. The number of carbonyl (C=O) groups excluding carboxylic acids is 2. The largest absolute Gasteiger partial charge is 0.506 e. The third-order valence-electron chi connectivity index (χ3n) is 3.04. The van der Waals surface area contributed by atoms with Crippen molar-refractivity contribution in [2.24, 2.45) is 0 Å². The van der Waals surface area contributed by atoms with E-state index in [1.807, 2.05) is 0 Å². The number of benzene rings is 1. The van der Waals surface area contributed by atoms with Crippen LogP contribution < -0.4 is 0 Å². The highest BCUT2D eigenvalue weighted by Crippen LogP contribution is 2.35. The Morgan fingerprint density at radius 3 is 2.72 bits per heavy atom. The second kappa shape index (κ2) is 4.64. The Morgan fingerprint density at radius 2 is 2.06 bits per heavy atom. The lowest BCUT2D eigenvalue weighted by Gasteiger charge is -2.22. The standard InChI is InChI=1S/C14H14O4/c1-3-18-14(17)11-12(15)8(2)9-6-4-5-7-10(9)13(11)16/h4-8,16H,3H2,1-2H3. The van der Waals surface area contributed by atoms with Crippen molar-refractivity contribution in [3.63, 3.8) is 0 Å². The van der Waals surface area contributed by atoms with Gasteiger partial charge in [-0.1, -0.05) is 31.2 Å². The summed E-state index contributed by atoms with van der Waals surface area (Å²) < 4.78 is 4.81. The van der Waals surface area contributed by atoms with E-state index in [-0.39, 0.29) is 17.9 Å². The van der Waals surface area contributed by atoms with E-state index >= 15 is 0 Å². The number of carbonyl (C=O) groups is 2. The van der Waals surface area contributed by atoms with Crippen molar-refractivity contribution in [3.8, 4) is 0 Å². The molecule has 0 bridgehead atoms. The molecule has 1 aliphatic carbocycles. The lowest BCUT2D eigenvalue weighted by atomic mass is 9.82. The third kappa shape index (κ3) is 1.79. The summed E-state index contributed by atoms with van der Waals surface area (Å²) >= 11 is 0. The molecule has 0 saturated carbocycles. The summed E-state index contributed by atoms with van der Waals surface area (Å²) in [4.78, 5) is 23.8. The normalized spacial score (nSPS) is 18.6. The smallest absolute Gasteiger partial charge is 0.345 e. The molecule has 1 aromatic carbocycles. The highest BCUT2D eigenvalue weighted by Gasteiger charge is 2.35. The maximum absolute atomic E-state index is 12.1. The lowest BCUT2D eigenvalue weighted by Crippen LogP contribution is -2.26. The molecule has 4 nitrogen and oxygen atoms in total. The predicted octanol–water partition coefficient (Wildman–Crippen LogP) is 2.21. The van der Waals surface area contributed by atoms with Crippen LogP contribution in [0.2, 0.25) is 0 Å². The van der Waals surface area contributed by atoms with Crippen LogP contribution in [-0.2, 0) is 14.3 Å². The van der Waals surface area contributed by atoms with Gasteiger partial charge in [-0.2, -0.15) is 0 Å². The molecule has 4 heteroatoms. The molecule has 0 aliphatic heterocycles. The van der Waals surface area contributed by atoms with Crippen LogP contribution in [0.3, 0.4) is 0 Å². The van der Waals surface area contributed by atoms with Gasteiger partial charge in [-0.25, -0.2) is 4.79 Å². The first kappa shape index (κ1) is 12.4. The Balaban J connectivity index is 2.59. The first-order valence-electron chi connectivity index (χ1n) is 5.81. The minimum Gasteiger partial charge on any atom is -0.506 e. The highest BCUT2D eigenvalue weighted by molar-refractivity contribution is 6.25. The molecule has 0 saturated heterocycles. The average molecular weight is 246 g/mol. The summed E-state index contributed by atoms with van der Waals surface area (Å²) in [6, 6.07) is 7.01. The van der Waals surface area contributed by atoms with E-state index in [9.17, 15) is 14.7 Å². The van der Waals surface area contributed by atoms with E-state index < -0.39 is 17.7 Å². The number of aliphatic hydroxyl groups excluding tert-OH is 1. The van der Waals surface area contributed by atoms with Gasteiger partial charge in [-0.15, -0.1) is 0 Å². The number of rotatable bonds is 2. The molecule has 0 amide bonds. The van der Waals surface area contributed by atoms with Gasteiger partial charge in [0.25, 0.3) is 0 Å². The summed E-state index contributed by atoms with van der Waals surface area (Å²) in [6.07, 6.45) is 0. The fourth-order valence-electron chi connectivity index (χ4n) is 2.10. The van der Waals surface area contributed by atoms with Crippen molar-refractivity contribution in [1.29, 1.82) is 0 Å². The van der Waals surface area contributed by atoms with Crippen LogP contribution in [0.1, 0.15) is 30.9 Å². The number of esters is 1. The second-order valence-corrected chi connectivity index (χ2v) is 4.12. The maximum atomic E-state index is 12.1. The van der Waals surface area contributed by atoms with Crippen LogP contribution in [0.5, 0.6) is 0 Å². The van der Waals surface area contributed by atoms with Crippen molar-refractivity contribution in [1.82, 2.24) is 0 Å². The topological polar surface area (TPSA) is 63.6 Å². The fraction of sp³-hybridized carbons (Fsp3) is 0.286. The van der Waals surface area contributed by atoms with E-state index in [0.717, 1.165) is 5.56 Å². The Kier molecular flexibility index (Phi) is 3.19. The molecule has 0 aromatic heterocycles. The van der Waals surface area contributed by atoms with Gasteiger partial charge >= 0.3 is 5.97 Å². The Morgan fingerprint density at radius 1 is 1.39 bits per heavy atom. The maximum Gasteiger partial charge on any atom is 0.345 e. The van der Waals surface area contributed by atoms with Gasteiger partial charge in [0, 0.05) is 11.5 Å². The molecule has 1 atom stereocenters. The van der Waals surface area contributed by atoms with Crippen molar-refractivity contribution in [2.75, 3.05) is 6.61 Å². The average Bonchev–Trinajstić information content (AvgIpc) is 2.37. The van der Waals surface area contributed by atoms with Crippen LogP contribution in [-0.4, -0.2) is 23.5 Å². The zero-order chi connectivity index (χ0) is 13.3. The molecule has 0 heterocycles. The monoisotopic (exact) mass is 246 g/mol.